The lowest BCUT2D eigenvalue weighted by Gasteiger charge is -2.28. The van der Waals surface area contributed by atoms with Crippen molar-refractivity contribution in [2.24, 2.45) is 0 Å². The van der Waals surface area contributed by atoms with E-state index in [-0.39, 0.29) is 24.4 Å². The first-order chi connectivity index (χ1) is 10.4. The molecule has 132 valence electrons. The number of nitrogens with zero attached hydrogens (tertiary/aromatic N) is 2. The molecule has 0 spiro atoms. The lowest BCUT2D eigenvalue weighted by Crippen LogP contribution is -2.44. The van der Waals surface area contributed by atoms with Crippen molar-refractivity contribution in [3.8, 4) is 5.75 Å². The molecule has 1 unspecified atom stereocenters. The van der Waals surface area contributed by atoms with E-state index in [0.29, 0.717) is 13.2 Å². The number of halogens is 1. The number of ether oxygens (including phenoxy) is 1. The number of likely N-dealkylation sites (N-methyl/N-ethyl adjacent to an activating group) is 2. The largest absolute Gasteiger partial charge is 0.491 e. The molecule has 0 radical (unpaired) electrons. The fourth-order valence-electron chi connectivity index (χ4n) is 2.28. The molecule has 4 nitrogen and oxygen atoms in total. The molecule has 0 aromatic heterocycles. The molecule has 0 aliphatic rings. The summed E-state index contributed by atoms with van der Waals surface area (Å²) in [7, 11) is 1.85. The molecule has 1 aromatic carbocycles. The van der Waals surface area contributed by atoms with Crippen LogP contribution in [-0.4, -0.2) is 55.0 Å². The second-order valence-corrected chi connectivity index (χ2v) is 5.90. The zero-order chi connectivity index (χ0) is 16.7. The van der Waals surface area contributed by atoms with Crippen molar-refractivity contribution in [3.63, 3.8) is 0 Å². The third kappa shape index (κ3) is 6.80. The number of amides is 1. The smallest absolute Gasteiger partial charge is 0.236 e. The van der Waals surface area contributed by atoms with Crippen molar-refractivity contribution in [2.75, 3.05) is 33.3 Å². The first-order valence-corrected chi connectivity index (χ1v) is 8.07. The Balaban J connectivity index is 0.00000484. The Labute approximate surface area is 147 Å². The highest BCUT2D eigenvalue weighted by Crippen LogP contribution is 2.19. The predicted octanol–water partition coefficient (Wildman–Crippen LogP) is 3.29. The van der Waals surface area contributed by atoms with E-state index in [1.165, 1.54) is 5.56 Å². The Kier molecular flexibility index (Phi) is 9.93. The molecule has 1 atom stereocenters. The molecule has 1 aromatic rings. The molecule has 0 aliphatic heterocycles. The van der Waals surface area contributed by atoms with Crippen molar-refractivity contribution < 1.29 is 9.53 Å². The summed E-state index contributed by atoms with van der Waals surface area (Å²) in [5.41, 5.74) is 2.36. The van der Waals surface area contributed by atoms with E-state index in [4.69, 9.17) is 4.74 Å². The average molecular weight is 343 g/mol. The predicted molar refractivity (Wildman–Crippen MR) is 98.7 cm³/mol. The maximum Gasteiger partial charge on any atom is 0.236 e. The average Bonchev–Trinajstić information content (AvgIpc) is 2.50. The van der Waals surface area contributed by atoms with Gasteiger partial charge in [0, 0.05) is 7.05 Å². The molecule has 0 heterocycles. The molecule has 1 rings (SSSR count). The van der Waals surface area contributed by atoms with Gasteiger partial charge >= 0.3 is 0 Å². The van der Waals surface area contributed by atoms with E-state index in [1.807, 2.05) is 33.0 Å². The second-order valence-electron chi connectivity index (χ2n) is 5.90. The quantitative estimate of drug-likeness (QED) is 0.726. The van der Waals surface area contributed by atoms with Crippen LogP contribution in [0.15, 0.2) is 18.2 Å². The minimum absolute atomic E-state index is 0. The van der Waals surface area contributed by atoms with Crippen LogP contribution >= 0.6 is 12.4 Å². The van der Waals surface area contributed by atoms with Crippen LogP contribution in [0, 0.1) is 13.8 Å². The first kappa shape index (κ1) is 21.7. The fourth-order valence-corrected chi connectivity index (χ4v) is 2.28. The minimum atomic E-state index is 0. The molecule has 0 saturated heterocycles. The third-order valence-corrected chi connectivity index (χ3v) is 4.12. The van der Waals surface area contributed by atoms with Gasteiger partial charge in [-0.05, 0) is 45.5 Å². The van der Waals surface area contributed by atoms with Gasteiger partial charge in [-0.25, -0.2) is 0 Å². The van der Waals surface area contributed by atoms with Gasteiger partial charge in [-0.3, -0.25) is 9.69 Å². The summed E-state index contributed by atoms with van der Waals surface area (Å²) in [6.45, 7) is 13.0. The summed E-state index contributed by atoms with van der Waals surface area (Å²) in [6, 6.07) is 6.19. The van der Waals surface area contributed by atoms with Crippen LogP contribution in [0.5, 0.6) is 5.75 Å². The standard InChI is InChI=1S/C18H30N2O2.ClH/c1-7-20(8-2)12-18(21)19(6)16(5)13-22-17-10-9-14(3)11-15(17)4;/h9-11,16H,7-8,12-13H2,1-6H3;1H. The van der Waals surface area contributed by atoms with Crippen LogP contribution < -0.4 is 4.74 Å². The first-order valence-electron chi connectivity index (χ1n) is 8.07. The summed E-state index contributed by atoms with van der Waals surface area (Å²) >= 11 is 0. The Morgan fingerprint density at radius 1 is 1.22 bits per heavy atom. The third-order valence-electron chi connectivity index (χ3n) is 4.12. The van der Waals surface area contributed by atoms with Crippen LogP contribution in [0.25, 0.3) is 0 Å². The van der Waals surface area contributed by atoms with E-state index in [9.17, 15) is 4.79 Å². The molecular weight excluding hydrogens is 312 g/mol. The van der Waals surface area contributed by atoms with Crippen molar-refractivity contribution in [2.45, 2.75) is 40.7 Å². The van der Waals surface area contributed by atoms with Gasteiger partial charge in [-0.1, -0.05) is 31.5 Å². The molecule has 0 fully saturated rings. The Morgan fingerprint density at radius 3 is 2.35 bits per heavy atom. The fraction of sp³-hybridized carbons (Fsp3) is 0.611. The van der Waals surface area contributed by atoms with Crippen molar-refractivity contribution in [3.05, 3.63) is 29.3 Å². The van der Waals surface area contributed by atoms with Crippen LogP contribution in [0.3, 0.4) is 0 Å². The Hall–Kier alpha value is -1.26. The van der Waals surface area contributed by atoms with E-state index in [0.717, 1.165) is 24.4 Å². The number of aryl methyl sites for hydroxylation is 2. The minimum Gasteiger partial charge on any atom is -0.491 e. The van der Waals surface area contributed by atoms with Gasteiger partial charge in [-0.2, -0.15) is 0 Å². The zero-order valence-electron chi connectivity index (χ0n) is 15.3. The number of benzene rings is 1. The number of rotatable bonds is 8. The van der Waals surface area contributed by atoms with Gasteiger partial charge in [0.2, 0.25) is 5.91 Å². The van der Waals surface area contributed by atoms with Crippen LogP contribution in [-0.2, 0) is 4.79 Å². The van der Waals surface area contributed by atoms with Gasteiger partial charge in [0.05, 0.1) is 12.6 Å². The zero-order valence-corrected chi connectivity index (χ0v) is 16.1. The van der Waals surface area contributed by atoms with Gasteiger partial charge in [0.25, 0.3) is 0 Å². The van der Waals surface area contributed by atoms with Gasteiger partial charge in [0.15, 0.2) is 0 Å². The normalized spacial score (nSPS) is 11.8. The summed E-state index contributed by atoms with van der Waals surface area (Å²) in [5, 5.41) is 0. The summed E-state index contributed by atoms with van der Waals surface area (Å²) in [5.74, 6) is 1.03. The molecule has 5 heteroatoms. The van der Waals surface area contributed by atoms with E-state index < -0.39 is 0 Å². The molecule has 1 amide bonds. The molecular formula is C18H31ClN2O2. The summed E-state index contributed by atoms with van der Waals surface area (Å²) in [6.07, 6.45) is 0. The molecule has 0 N–H and O–H groups in total. The highest BCUT2D eigenvalue weighted by Gasteiger charge is 2.18. The monoisotopic (exact) mass is 342 g/mol. The number of hydrogen-bond donors (Lipinski definition) is 0. The van der Waals surface area contributed by atoms with E-state index in [2.05, 4.69) is 31.7 Å². The lowest BCUT2D eigenvalue weighted by molar-refractivity contribution is -0.133. The molecule has 0 bridgehead atoms. The topological polar surface area (TPSA) is 32.8 Å². The number of hydrogen-bond acceptors (Lipinski definition) is 3. The van der Waals surface area contributed by atoms with Crippen LogP contribution in [0.1, 0.15) is 31.9 Å². The van der Waals surface area contributed by atoms with Crippen molar-refractivity contribution in [1.82, 2.24) is 9.80 Å². The van der Waals surface area contributed by atoms with Gasteiger partial charge in [0.1, 0.15) is 12.4 Å². The summed E-state index contributed by atoms with van der Waals surface area (Å²) in [4.78, 5) is 16.2. The number of carbonyl (C=O) groups excluding carboxylic acids is 1. The van der Waals surface area contributed by atoms with Crippen LogP contribution in [0.2, 0.25) is 0 Å². The molecule has 0 aliphatic carbocycles. The van der Waals surface area contributed by atoms with E-state index >= 15 is 0 Å². The van der Waals surface area contributed by atoms with Crippen LogP contribution in [0.4, 0.5) is 0 Å². The highest BCUT2D eigenvalue weighted by atomic mass is 35.5. The molecule has 23 heavy (non-hydrogen) atoms. The van der Waals surface area contributed by atoms with Gasteiger partial charge in [-0.15, -0.1) is 12.4 Å². The Bertz CT molecular complexity index is 490. The summed E-state index contributed by atoms with van der Waals surface area (Å²) < 4.78 is 5.88. The van der Waals surface area contributed by atoms with E-state index in [1.54, 1.807) is 4.90 Å². The van der Waals surface area contributed by atoms with Crippen molar-refractivity contribution in [1.29, 1.82) is 0 Å². The van der Waals surface area contributed by atoms with Gasteiger partial charge < -0.3 is 9.64 Å². The van der Waals surface area contributed by atoms with Crippen molar-refractivity contribution >= 4 is 18.3 Å². The maximum absolute atomic E-state index is 12.3. The highest BCUT2D eigenvalue weighted by molar-refractivity contribution is 5.85. The maximum atomic E-state index is 12.3. The lowest BCUT2D eigenvalue weighted by atomic mass is 10.1. The Morgan fingerprint density at radius 2 is 1.83 bits per heavy atom. The SMILES string of the molecule is CCN(CC)CC(=O)N(C)C(C)COc1ccc(C)cc1C.Cl. The second kappa shape index (κ2) is 10.5. The number of carbonyl (C=O) groups is 1. The molecule has 0 saturated carbocycles.